The third-order valence-electron chi connectivity index (χ3n) is 1.28. The summed E-state index contributed by atoms with van der Waals surface area (Å²) in [5.41, 5.74) is 0. The highest BCUT2D eigenvalue weighted by Crippen LogP contribution is 2.22. The Hall–Kier alpha value is -0.580. The number of rotatable bonds is 4. The molecule has 0 rings (SSSR count). The molecule has 0 heterocycles. The second-order valence-electron chi connectivity index (χ2n) is 2.51. The molecule has 1 atom stereocenters. The maximum absolute atomic E-state index is 11.8. The van der Waals surface area contributed by atoms with Crippen molar-refractivity contribution in [1.29, 1.82) is 0 Å². The van der Waals surface area contributed by atoms with Gasteiger partial charge in [0.15, 0.2) is 6.10 Å². The van der Waals surface area contributed by atoms with E-state index in [9.17, 15) is 18.0 Å². The van der Waals surface area contributed by atoms with E-state index in [4.69, 9.17) is 0 Å². The largest absolute Gasteiger partial charge is 0.414 e. The number of carbonyl (C=O) groups excluding carboxylic acids is 1. The maximum Gasteiger partial charge on any atom is 0.414 e. The summed E-state index contributed by atoms with van der Waals surface area (Å²) in [6.07, 6.45) is -6.10. The van der Waals surface area contributed by atoms with Gasteiger partial charge in [-0.05, 0) is 13.8 Å². The minimum absolute atomic E-state index is 0.0282. The fraction of sp³-hybridized carbons (Fsp3) is 0.857. The molecule has 2 nitrogen and oxygen atoms in total. The van der Waals surface area contributed by atoms with Crippen LogP contribution in [0.25, 0.3) is 0 Å². The van der Waals surface area contributed by atoms with Gasteiger partial charge in [0.25, 0.3) is 0 Å². The van der Waals surface area contributed by atoms with Crippen molar-refractivity contribution >= 4 is 5.78 Å². The summed E-state index contributed by atoms with van der Waals surface area (Å²) < 4.78 is 39.7. The molecule has 0 aliphatic heterocycles. The van der Waals surface area contributed by atoms with Crippen LogP contribution in [0.3, 0.4) is 0 Å². The molecule has 72 valence electrons. The summed E-state index contributed by atoms with van der Waals surface area (Å²) in [6, 6.07) is 0. The van der Waals surface area contributed by atoms with Crippen LogP contribution in [0.1, 0.15) is 20.3 Å². The van der Waals surface area contributed by atoms with Gasteiger partial charge in [0.2, 0.25) is 0 Å². The number of hydrogen-bond donors (Lipinski definition) is 0. The molecule has 0 saturated carbocycles. The first kappa shape index (κ1) is 11.4. The van der Waals surface area contributed by atoms with E-state index in [0.29, 0.717) is 0 Å². The molecule has 5 heteroatoms. The predicted molar refractivity (Wildman–Crippen MR) is 36.8 cm³/mol. The summed E-state index contributed by atoms with van der Waals surface area (Å²) in [5, 5.41) is 0. The molecule has 0 aliphatic carbocycles. The van der Waals surface area contributed by atoms with Crippen molar-refractivity contribution in [1.82, 2.24) is 0 Å². The van der Waals surface area contributed by atoms with Gasteiger partial charge >= 0.3 is 6.18 Å². The van der Waals surface area contributed by atoms with Crippen molar-refractivity contribution in [3.05, 3.63) is 0 Å². The second-order valence-corrected chi connectivity index (χ2v) is 2.51. The third kappa shape index (κ3) is 5.12. The summed E-state index contributed by atoms with van der Waals surface area (Å²) in [7, 11) is 0. The van der Waals surface area contributed by atoms with Crippen molar-refractivity contribution in [2.75, 3.05) is 6.61 Å². The number of alkyl halides is 3. The SMILES string of the molecule is CC(=O)CCOC(C)C(F)(F)F. The van der Waals surface area contributed by atoms with Gasteiger partial charge in [0, 0.05) is 6.42 Å². The van der Waals surface area contributed by atoms with Crippen LogP contribution in [0.2, 0.25) is 0 Å². The lowest BCUT2D eigenvalue weighted by molar-refractivity contribution is -0.214. The molecule has 0 radical (unpaired) electrons. The molecule has 0 amide bonds. The highest BCUT2D eigenvalue weighted by atomic mass is 19.4. The number of halogens is 3. The molecule has 0 aromatic carbocycles. The van der Waals surface area contributed by atoms with E-state index in [-0.39, 0.29) is 18.8 Å². The number of Topliss-reactive ketones (excluding diaryl/α,β-unsaturated/α-hetero) is 1. The third-order valence-corrected chi connectivity index (χ3v) is 1.28. The maximum atomic E-state index is 11.8. The van der Waals surface area contributed by atoms with Crippen LogP contribution in [0.15, 0.2) is 0 Å². The van der Waals surface area contributed by atoms with Crippen LogP contribution in [0.4, 0.5) is 13.2 Å². The van der Waals surface area contributed by atoms with E-state index >= 15 is 0 Å². The number of hydrogen-bond acceptors (Lipinski definition) is 2. The summed E-state index contributed by atoms with van der Waals surface area (Å²) in [4.78, 5) is 10.3. The molecule has 12 heavy (non-hydrogen) atoms. The fourth-order valence-corrected chi connectivity index (χ4v) is 0.474. The van der Waals surface area contributed by atoms with Gasteiger partial charge in [-0.25, -0.2) is 0 Å². The molecule has 0 fully saturated rings. The quantitative estimate of drug-likeness (QED) is 0.667. The zero-order chi connectivity index (χ0) is 9.78. The lowest BCUT2D eigenvalue weighted by Crippen LogP contribution is -2.29. The van der Waals surface area contributed by atoms with E-state index in [2.05, 4.69) is 4.74 Å². The Bertz CT molecular complexity index is 153. The van der Waals surface area contributed by atoms with Gasteiger partial charge in [-0.3, -0.25) is 4.79 Å². The molecule has 1 unspecified atom stereocenters. The second kappa shape index (κ2) is 4.45. The average Bonchev–Trinajstić information content (AvgIpc) is 1.84. The van der Waals surface area contributed by atoms with Crippen molar-refractivity contribution in [3.8, 4) is 0 Å². The van der Waals surface area contributed by atoms with Crippen LogP contribution >= 0.6 is 0 Å². The molecule has 0 N–H and O–H groups in total. The number of carbonyl (C=O) groups is 1. The molecule has 0 spiro atoms. The smallest absolute Gasteiger partial charge is 0.369 e. The van der Waals surface area contributed by atoms with Gasteiger partial charge in [0.1, 0.15) is 5.78 Å². The zero-order valence-electron chi connectivity index (χ0n) is 6.94. The highest BCUT2D eigenvalue weighted by molar-refractivity contribution is 5.75. The van der Waals surface area contributed by atoms with Crippen LogP contribution in [-0.4, -0.2) is 24.7 Å². The summed E-state index contributed by atoms with van der Waals surface area (Å²) >= 11 is 0. The first-order valence-corrected chi connectivity index (χ1v) is 3.52. The first-order valence-electron chi connectivity index (χ1n) is 3.52. The van der Waals surface area contributed by atoms with E-state index in [1.54, 1.807) is 0 Å². The monoisotopic (exact) mass is 184 g/mol. The van der Waals surface area contributed by atoms with Crippen LogP contribution in [0.5, 0.6) is 0 Å². The van der Waals surface area contributed by atoms with Gasteiger partial charge in [-0.2, -0.15) is 13.2 Å². The Morgan fingerprint density at radius 3 is 2.33 bits per heavy atom. The number of ether oxygens (including phenoxy) is 1. The molecular weight excluding hydrogens is 173 g/mol. The highest BCUT2D eigenvalue weighted by Gasteiger charge is 2.36. The van der Waals surface area contributed by atoms with Crippen LogP contribution < -0.4 is 0 Å². The lowest BCUT2D eigenvalue weighted by atomic mass is 10.3. The molecule has 0 aromatic rings. The molecular formula is C7H11F3O2. The fourth-order valence-electron chi connectivity index (χ4n) is 0.474. The van der Waals surface area contributed by atoms with Crippen molar-refractivity contribution < 1.29 is 22.7 Å². The van der Waals surface area contributed by atoms with E-state index in [0.717, 1.165) is 6.92 Å². The Kier molecular flexibility index (Phi) is 4.23. The van der Waals surface area contributed by atoms with E-state index < -0.39 is 12.3 Å². The predicted octanol–water partition coefficient (Wildman–Crippen LogP) is 1.93. The molecule has 0 aromatic heterocycles. The van der Waals surface area contributed by atoms with Crippen LogP contribution in [0, 0.1) is 0 Å². The first-order chi connectivity index (χ1) is 5.34. The van der Waals surface area contributed by atoms with Crippen molar-refractivity contribution in [3.63, 3.8) is 0 Å². The average molecular weight is 184 g/mol. The van der Waals surface area contributed by atoms with Gasteiger partial charge in [-0.1, -0.05) is 0 Å². The standard InChI is InChI=1S/C7H11F3O2/c1-5(11)3-4-12-6(2)7(8,9)10/h6H,3-4H2,1-2H3. The van der Waals surface area contributed by atoms with Gasteiger partial charge in [-0.15, -0.1) is 0 Å². The van der Waals surface area contributed by atoms with Crippen molar-refractivity contribution in [2.45, 2.75) is 32.5 Å². The minimum Gasteiger partial charge on any atom is -0.369 e. The van der Waals surface area contributed by atoms with E-state index in [1.807, 2.05) is 0 Å². The molecule has 0 bridgehead atoms. The number of ketones is 1. The zero-order valence-corrected chi connectivity index (χ0v) is 6.94. The summed E-state index contributed by atoms with van der Waals surface area (Å²) in [6.45, 7) is 2.05. The van der Waals surface area contributed by atoms with Crippen molar-refractivity contribution in [2.24, 2.45) is 0 Å². The minimum atomic E-state index is -4.34. The Labute approximate surface area is 68.7 Å². The topological polar surface area (TPSA) is 26.3 Å². The Morgan fingerprint density at radius 1 is 1.50 bits per heavy atom. The molecule has 0 saturated heterocycles. The lowest BCUT2D eigenvalue weighted by Gasteiger charge is -2.15. The van der Waals surface area contributed by atoms with Gasteiger partial charge < -0.3 is 4.74 Å². The molecule has 0 aliphatic rings. The summed E-state index contributed by atoms with van der Waals surface area (Å²) in [5.74, 6) is -0.177. The Morgan fingerprint density at radius 2 is 2.00 bits per heavy atom. The normalized spacial score (nSPS) is 14.4. The van der Waals surface area contributed by atoms with Gasteiger partial charge in [0.05, 0.1) is 6.61 Å². The van der Waals surface area contributed by atoms with E-state index in [1.165, 1.54) is 6.92 Å². The Balaban J connectivity index is 3.58. The van der Waals surface area contributed by atoms with Crippen LogP contribution in [-0.2, 0) is 9.53 Å².